The molecule has 1 amide bonds. The lowest BCUT2D eigenvalue weighted by Crippen LogP contribution is -2.48. The van der Waals surface area contributed by atoms with Gasteiger partial charge >= 0.3 is 0 Å². The zero-order valence-corrected chi connectivity index (χ0v) is 15.0. The monoisotopic (exact) mass is 356 g/mol. The molecule has 6 heteroatoms. The van der Waals surface area contributed by atoms with E-state index in [-0.39, 0.29) is 17.9 Å². The zero-order valence-electron chi connectivity index (χ0n) is 15.0. The quantitative estimate of drug-likeness (QED) is 0.885. The van der Waals surface area contributed by atoms with E-state index in [2.05, 4.69) is 10.4 Å². The number of halogens is 1. The van der Waals surface area contributed by atoms with Crippen LogP contribution in [0.4, 0.5) is 10.1 Å². The van der Waals surface area contributed by atoms with Crippen molar-refractivity contribution in [2.45, 2.75) is 45.1 Å². The average molecular weight is 356 g/mol. The first kappa shape index (κ1) is 17.2. The first-order valence-electron chi connectivity index (χ1n) is 9.39. The maximum Gasteiger partial charge on any atom is 0.227 e. The number of benzene rings is 1. The second kappa shape index (κ2) is 6.83. The largest absolute Gasteiger partial charge is 0.327 e. The topological polar surface area (TPSA) is 72.9 Å². The van der Waals surface area contributed by atoms with Gasteiger partial charge in [-0.2, -0.15) is 5.10 Å². The van der Waals surface area contributed by atoms with Gasteiger partial charge in [0.05, 0.1) is 6.20 Å². The van der Waals surface area contributed by atoms with Gasteiger partial charge in [-0.3, -0.25) is 4.79 Å². The van der Waals surface area contributed by atoms with E-state index in [1.807, 2.05) is 6.92 Å². The number of nitrogens with zero attached hydrogens (tertiary/aromatic N) is 2. The maximum atomic E-state index is 14.4. The molecular formula is C20H25FN4O. The van der Waals surface area contributed by atoms with Crippen molar-refractivity contribution >= 4 is 11.6 Å². The molecule has 3 N–H and O–H groups in total. The van der Waals surface area contributed by atoms with E-state index in [9.17, 15) is 9.18 Å². The fraction of sp³-hybridized carbons (Fsp3) is 0.500. The molecule has 2 fully saturated rings. The van der Waals surface area contributed by atoms with Gasteiger partial charge in [0.1, 0.15) is 5.69 Å². The molecule has 26 heavy (non-hydrogen) atoms. The Kier molecular flexibility index (Phi) is 4.53. The molecular weight excluding hydrogens is 331 g/mol. The SMILES string of the molecule is Cc1cnn(-c2ccc(NC(=O)C3CC4CCCC(C3)C4N)cc2F)c1. The smallest absolute Gasteiger partial charge is 0.227 e. The standard InChI is InChI=1S/C20H25FN4O/c1-12-10-23-25(11-12)18-6-5-16(9-17(18)21)24-20(26)15-7-13-3-2-4-14(8-15)19(13)22/h5-6,9-11,13-15,19H,2-4,7-8,22H2,1H3,(H,24,26). The van der Waals surface area contributed by atoms with Crippen LogP contribution < -0.4 is 11.1 Å². The van der Waals surface area contributed by atoms with Crippen LogP contribution in [0.1, 0.15) is 37.7 Å². The van der Waals surface area contributed by atoms with Gasteiger partial charge in [0.15, 0.2) is 5.82 Å². The van der Waals surface area contributed by atoms with E-state index < -0.39 is 5.82 Å². The Bertz CT molecular complexity index is 804. The third-order valence-electron chi connectivity index (χ3n) is 5.96. The average Bonchev–Trinajstić information content (AvgIpc) is 3.00. The van der Waals surface area contributed by atoms with Gasteiger partial charge in [-0.05, 0) is 68.2 Å². The molecule has 2 unspecified atom stereocenters. The van der Waals surface area contributed by atoms with Crippen molar-refractivity contribution in [2.75, 3.05) is 5.32 Å². The van der Waals surface area contributed by atoms with Crippen molar-refractivity contribution in [3.63, 3.8) is 0 Å². The van der Waals surface area contributed by atoms with Gasteiger partial charge in [-0.25, -0.2) is 9.07 Å². The molecule has 1 aromatic heterocycles. The van der Waals surface area contributed by atoms with Gasteiger partial charge in [0, 0.05) is 23.8 Å². The molecule has 5 nitrogen and oxygen atoms in total. The minimum absolute atomic E-state index is 0.0177. The summed E-state index contributed by atoms with van der Waals surface area (Å²) >= 11 is 0. The van der Waals surface area contributed by atoms with Gasteiger partial charge in [0.2, 0.25) is 5.91 Å². The third-order valence-corrected chi connectivity index (χ3v) is 5.96. The molecule has 2 bridgehead atoms. The number of amides is 1. The zero-order chi connectivity index (χ0) is 18.3. The van der Waals surface area contributed by atoms with Crippen LogP contribution >= 0.6 is 0 Å². The molecule has 4 rings (SSSR count). The number of carbonyl (C=O) groups is 1. The van der Waals surface area contributed by atoms with Gasteiger partial charge < -0.3 is 11.1 Å². The Morgan fingerprint density at radius 2 is 2.04 bits per heavy atom. The molecule has 1 heterocycles. The first-order valence-corrected chi connectivity index (χ1v) is 9.39. The first-order chi connectivity index (χ1) is 12.5. The number of nitrogens with two attached hydrogens (primary N) is 1. The number of aromatic nitrogens is 2. The Morgan fingerprint density at radius 1 is 1.31 bits per heavy atom. The van der Waals surface area contributed by atoms with E-state index >= 15 is 0 Å². The van der Waals surface area contributed by atoms with Crippen LogP contribution in [0.3, 0.4) is 0 Å². The summed E-state index contributed by atoms with van der Waals surface area (Å²) in [6.45, 7) is 1.90. The van der Waals surface area contributed by atoms with Crippen LogP contribution in [-0.4, -0.2) is 21.7 Å². The maximum absolute atomic E-state index is 14.4. The lowest BCUT2D eigenvalue weighted by molar-refractivity contribution is -0.122. The minimum atomic E-state index is -0.409. The van der Waals surface area contributed by atoms with Crippen LogP contribution in [0.25, 0.3) is 5.69 Å². The summed E-state index contributed by atoms with van der Waals surface area (Å²) in [5.74, 6) is 0.437. The van der Waals surface area contributed by atoms with E-state index in [1.54, 1.807) is 24.5 Å². The molecule has 0 radical (unpaired) electrons. The van der Waals surface area contributed by atoms with Crippen molar-refractivity contribution in [1.29, 1.82) is 0 Å². The van der Waals surface area contributed by atoms with Crippen LogP contribution in [-0.2, 0) is 4.79 Å². The summed E-state index contributed by atoms with van der Waals surface area (Å²) in [4.78, 5) is 12.7. The summed E-state index contributed by atoms with van der Waals surface area (Å²) in [5.41, 5.74) is 8.12. The molecule has 2 saturated carbocycles. The predicted octanol–water partition coefficient (Wildman–Crippen LogP) is 3.41. The molecule has 0 spiro atoms. The molecule has 0 aliphatic heterocycles. The number of nitrogens with one attached hydrogen (secondary N) is 1. The number of carbonyl (C=O) groups excluding carboxylic acids is 1. The highest BCUT2D eigenvalue weighted by molar-refractivity contribution is 5.92. The molecule has 0 saturated heterocycles. The molecule has 1 aromatic carbocycles. The fourth-order valence-electron chi connectivity index (χ4n) is 4.56. The van der Waals surface area contributed by atoms with Gasteiger partial charge in [-0.1, -0.05) is 6.42 Å². The number of rotatable bonds is 3. The van der Waals surface area contributed by atoms with Crippen molar-refractivity contribution in [1.82, 2.24) is 9.78 Å². The Balaban J connectivity index is 1.45. The molecule has 138 valence electrons. The second-order valence-corrected chi connectivity index (χ2v) is 7.81. The van der Waals surface area contributed by atoms with Crippen LogP contribution in [0, 0.1) is 30.5 Å². The van der Waals surface area contributed by atoms with Gasteiger partial charge in [-0.15, -0.1) is 0 Å². The van der Waals surface area contributed by atoms with E-state index in [0.717, 1.165) is 31.2 Å². The number of hydrogen-bond donors (Lipinski definition) is 2. The normalized spacial score (nSPS) is 28.0. The van der Waals surface area contributed by atoms with Crippen molar-refractivity contribution in [2.24, 2.45) is 23.5 Å². The molecule has 2 aliphatic rings. The van der Waals surface area contributed by atoms with E-state index in [4.69, 9.17) is 5.73 Å². The highest BCUT2D eigenvalue weighted by atomic mass is 19.1. The summed E-state index contributed by atoms with van der Waals surface area (Å²) < 4.78 is 15.9. The van der Waals surface area contributed by atoms with Crippen molar-refractivity contribution in [3.8, 4) is 5.69 Å². The Morgan fingerprint density at radius 3 is 2.65 bits per heavy atom. The van der Waals surface area contributed by atoms with Crippen LogP contribution in [0.2, 0.25) is 0 Å². The Hall–Kier alpha value is -2.21. The summed E-state index contributed by atoms with van der Waals surface area (Å²) in [5, 5.41) is 7.02. The molecule has 2 aliphatic carbocycles. The predicted molar refractivity (Wildman–Crippen MR) is 98.4 cm³/mol. The highest BCUT2D eigenvalue weighted by Crippen LogP contribution is 2.42. The lowest BCUT2D eigenvalue weighted by Gasteiger charge is -2.43. The van der Waals surface area contributed by atoms with E-state index in [1.165, 1.54) is 17.2 Å². The third kappa shape index (κ3) is 3.26. The highest BCUT2D eigenvalue weighted by Gasteiger charge is 2.40. The van der Waals surface area contributed by atoms with Crippen molar-refractivity contribution < 1.29 is 9.18 Å². The summed E-state index contributed by atoms with van der Waals surface area (Å²) in [7, 11) is 0. The number of anilines is 1. The summed E-state index contributed by atoms with van der Waals surface area (Å²) in [6, 6.07) is 4.97. The van der Waals surface area contributed by atoms with Crippen LogP contribution in [0.5, 0.6) is 0 Å². The Labute approximate surface area is 152 Å². The van der Waals surface area contributed by atoms with Gasteiger partial charge in [0.25, 0.3) is 0 Å². The molecule has 2 aromatic rings. The number of aryl methyl sites for hydroxylation is 1. The van der Waals surface area contributed by atoms with E-state index in [0.29, 0.717) is 23.2 Å². The summed E-state index contributed by atoms with van der Waals surface area (Å²) in [6.07, 6.45) is 8.59. The lowest BCUT2D eigenvalue weighted by atomic mass is 9.65. The second-order valence-electron chi connectivity index (χ2n) is 7.81. The minimum Gasteiger partial charge on any atom is -0.327 e. The number of fused-ring (bicyclic) bond motifs is 2. The number of hydrogen-bond acceptors (Lipinski definition) is 3. The molecule has 2 atom stereocenters. The fourth-order valence-corrected chi connectivity index (χ4v) is 4.56. The van der Waals surface area contributed by atoms with Crippen LogP contribution in [0.15, 0.2) is 30.6 Å². The van der Waals surface area contributed by atoms with Crippen molar-refractivity contribution in [3.05, 3.63) is 42.0 Å².